The maximum absolute atomic E-state index is 12.1. The van der Waals surface area contributed by atoms with Crippen LogP contribution in [0.4, 0.5) is 0 Å². The molecule has 1 atom stereocenters. The van der Waals surface area contributed by atoms with Gasteiger partial charge in [-0.2, -0.15) is 0 Å². The van der Waals surface area contributed by atoms with E-state index < -0.39 is 11.5 Å². The molecule has 19 heavy (non-hydrogen) atoms. The van der Waals surface area contributed by atoms with E-state index in [0.29, 0.717) is 0 Å². The first-order chi connectivity index (χ1) is 9.14. The third-order valence-corrected chi connectivity index (χ3v) is 4.72. The highest BCUT2D eigenvalue weighted by Gasteiger charge is 2.50. The highest BCUT2D eigenvalue weighted by molar-refractivity contribution is 5.82. The number of likely N-dealkylation sites (tertiary alicyclic amines) is 1. The molecule has 0 spiro atoms. The molecule has 0 radical (unpaired) electrons. The lowest BCUT2D eigenvalue weighted by Crippen LogP contribution is -2.52. The Morgan fingerprint density at radius 3 is 2.68 bits per heavy atom. The van der Waals surface area contributed by atoms with Crippen molar-refractivity contribution in [3.8, 4) is 0 Å². The number of fused-ring (bicyclic) bond motifs is 1. The lowest BCUT2D eigenvalue weighted by molar-refractivity contribution is -0.153. The maximum atomic E-state index is 12.1. The van der Waals surface area contributed by atoms with Crippen LogP contribution in [0.3, 0.4) is 0 Å². The van der Waals surface area contributed by atoms with E-state index in [-0.39, 0.29) is 0 Å². The molecule has 3 heteroatoms. The summed E-state index contributed by atoms with van der Waals surface area (Å²) >= 11 is 0. The fourth-order valence-corrected chi connectivity index (χ4v) is 3.71. The summed E-state index contributed by atoms with van der Waals surface area (Å²) < 4.78 is 0. The molecule has 1 unspecified atom stereocenters. The highest BCUT2D eigenvalue weighted by atomic mass is 16.4. The first kappa shape index (κ1) is 12.7. The number of rotatable bonds is 2. The summed E-state index contributed by atoms with van der Waals surface area (Å²) in [6.07, 6.45) is 5.08. The molecule has 0 amide bonds. The number of piperidine rings is 1. The number of hydrogen-bond donors (Lipinski definition) is 1. The Hall–Kier alpha value is -1.35. The van der Waals surface area contributed by atoms with Crippen LogP contribution in [0.2, 0.25) is 0 Å². The average molecular weight is 259 g/mol. The zero-order valence-corrected chi connectivity index (χ0v) is 11.5. The average Bonchev–Trinajstić information content (AvgIpc) is 2.79. The molecule has 0 bridgehead atoms. The van der Waals surface area contributed by atoms with Crippen LogP contribution in [0.15, 0.2) is 18.2 Å². The molecule has 2 aliphatic rings. The molecule has 0 aromatic heterocycles. The van der Waals surface area contributed by atoms with Crippen molar-refractivity contribution in [1.82, 2.24) is 4.90 Å². The Bertz CT molecular complexity index is 505. The largest absolute Gasteiger partial charge is 0.480 e. The van der Waals surface area contributed by atoms with E-state index >= 15 is 0 Å². The topological polar surface area (TPSA) is 40.5 Å². The van der Waals surface area contributed by atoms with Gasteiger partial charge in [-0.3, -0.25) is 4.90 Å². The quantitative estimate of drug-likeness (QED) is 0.887. The van der Waals surface area contributed by atoms with Gasteiger partial charge in [-0.05, 0) is 56.8 Å². The van der Waals surface area contributed by atoms with Gasteiger partial charge in [-0.1, -0.05) is 30.2 Å². The Balaban J connectivity index is 2.08. The zero-order valence-electron chi connectivity index (χ0n) is 11.5. The third-order valence-electron chi connectivity index (χ3n) is 4.72. The van der Waals surface area contributed by atoms with E-state index in [1.807, 2.05) is 6.92 Å². The molecule has 0 saturated carbocycles. The summed E-state index contributed by atoms with van der Waals surface area (Å²) in [7, 11) is 0. The number of nitrogens with zero attached hydrogens (tertiary/aromatic N) is 1. The van der Waals surface area contributed by atoms with Gasteiger partial charge < -0.3 is 5.11 Å². The number of carboxylic acids is 1. The maximum Gasteiger partial charge on any atom is 0.328 e. The minimum atomic E-state index is -0.762. The van der Waals surface area contributed by atoms with E-state index in [0.717, 1.165) is 49.9 Å². The van der Waals surface area contributed by atoms with Gasteiger partial charge in [0.15, 0.2) is 0 Å². The molecule has 1 aromatic rings. The first-order valence-electron chi connectivity index (χ1n) is 7.23. The van der Waals surface area contributed by atoms with Gasteiger partial charge in [0, 0.05) is 0 Å². The molecule has 102 valence electrons. The van der Waals surface area contributed by atoms with Crippen molar-refractivity contribution in [1.29, 1.82) is 0 Å². The minimum Gasteiger partial charge on any atom is -0.480 e. The molecule has 1 aliphatic carbocycles. The lowest BCUT2D eigenvalue weighted by atomic mass is 9.87. The predicted octanol–water partition coefficient (Wildman–Crippen LogP) is 2.71. The highest BCUT2D eigenvalue weighted by Crippen LogP contribution is 2.43. The zero-order chi connectivity index (χ0) is 13.5. The fraction of sp³-hybridized carbons (Fsp3) is 0.562. The van der Waals surface area contributed by atoms with Crippen LogP contribution in [0, 0.1) is 6.92 Å². The normalized spacial score (nSPS) is 27.2. The van der Waals surface area contributed by atoms with Crippen LogP contribution < -0.4 is 0 Å². The summed E-state index contributed by atoms with van der Waals surface area (Å²) in [4.78, 5) is 14.3. The standard InChI is InChI=1S/C16H21NO2/c1-12-5-6-13-7-8-16(15(18)19,14(13)11-12)17-9-3-2-4-10-17/h5-6,11H,2-4,7-10H2,1H3,(H,18,19). The summed E-state index contributed by atoms with van der Waals surface area (Å²) in [5.41, 5.74) is 2.66. The molecule has 1 aliphatic heterocycles. The second kappa shape index (κ2) is 4.64. The molecule has 1 heterocycles. The number of hydrogen-bond acceptors (Lipinski definition) is 2. The van der Waals surface area contributed by atoms with Crippen LogP contribution in [-0.4, -0.2) is 29.1 Å². The smallest absolute Gasteiger partial charge is 0.328 e. The van der Waals surface area contributed by atoms with Crippen molar-refractivity contribution in [3.05, 3.63) is 34.9 Å². The predicted molar refractivity (Wildman–Crippen MR) is 74.2 cm³/mol. The van der Waals surface area contributed by atoms with Crippen molar-refractivity contribution >= 4 is 5.97 Å². The Morgan fingerprint density at radius 2 is 2.00 bits per heavy atom. The summed E-state index contributed by atoms with van der Waals surface area (Å²) in [6, 6.07) is 6.29. The van der Waals surface area contributed by atoms with E-state index in [1.165, 1.54) is 12.0 Å². The van der Waals surface area contributed by atoms with Gasteiger partial charge in [-0.15, -0.1) is 0 Å². The monoisotopic (exact) mass is 259 g/mol. The number of benzene rings is 1. The van der Waals surface area contributed by atoms with Crippen molar-refractivity contribution in [2.45, 2.75) is 44.6 Å². The van der Waals surface area contributed by atoms with Gasteiger partial charge in [0.25, 0.3) is 0 Å². The minimum absolute atomic E-state index is 0.668. The Kier molecular flexibility index (Phi) is 3.09. The molecule has 3 rings (SSSR count). The second-order valence-corrected chi connectivity index (χ2v) is 5.87. The van der Waals surface area contributed by atoms with E-state index in [1.54, 1.807) is 0 Å². The summed E-state index contributed by atoms with van der Waals surface area (Å²) in [5, 5.41) is 9.91. The summed E-state index contributed by atoms with van der Waals surface area (Å²) in [6.45, 7) is 3.88. The number of aliphatic carboxylic acids is 1. The van der Waals surface area contributed by atoms with E-state index in [2.05, 4.69) is 23.1 Å². The molecule has 1 N–H and O–H groups in total. The van der Waals surface area contributed by atoms with Crippen molar-refractivity contribution in [2.24, 2.45) is 0 Å². The van der Waals surface area contributed by atoms with E-state index in [4.69, 9.17) is 0 Å². The number of carboxylic acid groups (broad SMARTS) is 1. The lowest BCUT2D eigenvalue weighted by Gasteiger charge is -2.41. The van der Waals surface area contributed by atoms with Crippen molar-refractivity contribution in [3.63, 3.8) is 0 Å². The summed E-state index contributed by atoms with van der Waals surface area (Å²) in [5.74, 6) is -0.668. The first-order valence-corrected chi connectivity index (χ1v) is 7.23. The molecule has 1 saturated heterocycles. The SMILES string of the molecule is Cc1ccc2c(c1)C(C(=O)O)(N1CCCCC1)CC2. The van der Waals surface area contributed by atoms with Crippen molar-refractivity contribution in [2.75, 3.05) is 13.1 Å². The number of carbonyl (C=O) groups is 1. The number of aryl methyl sites for hydroxylation is 2. The Morgan fingerprint density at radius 1 is 1.26 bits per heavy atom. The van der Waals surface area contributed by atoms with Gasteiger partial charge in [-0.25, -0.2) is 4.79 Å². The molecular weight excluding hydrogens is 238 g/mol. The molecule has 1 fully saturated rings. The van der Waals surface area contributed by atoms with Crippen LogP contribution in [0.25, 0.3) is 0 Å². The van der Waals surface area contributed by atoms with Gasteiger partial charge in [0.1, 0.15) is 5.54 Å². The van der Waals surface area contributed by atoms with E-state index in [9.17, 15) is 9.90 Å². The van der Waals surface area contributed by atoms with Crippen LogP contribution in [0.5, 0.6) is 0 Å². The van der Waals surface area contributed by atoms with Crippen molar-refractivity contribution < 1.29 is 9.90 Å². The van der Waals surface area contributed by atoms with Crippen LogP contribution in [-0.2, 0) is 16.8 Å². The second-order valence-electron chi connectivity index (χ2n) is 5.87. The van der Waals surface area contributed by atoms with Crippen LogP contribution >= 0.6 is 0 Å². The van der Waals surface area contributed by atoms with Gasteiger partial charge in [0.2, 0.25) is 0 Å². The third kappa shape index (κ3) is 1.88. The Labute approximate surface area is 114 Å². The fourth-order valence-electron chi connectivity index (χ4n) is 3.71. The molecule has 1 aromatic carbocycles. The molecule has 3 nitrogen and oxygen atoms in total. The van der Waals surface area contributed by atoms with Gasteiger partial charge in [0.05, 0.1) is 0 Å². The van der Waals surface area contributed by atoms with Crippen LogP contribution in [0.1, 0.15) is 42.4 Å². The molecular formula is C16H21NO2. The van der Waals surface area contributed by atoms with Gasteiger partial charge >= 0.3 is 5.97 Å².